The lowest BCUT2D eigenvalue weighted by Crippen LogP contribution is -2.48. The highest BCUT2D eigenvalue weighted by atomic mass is 16.6. The maximum Gasteiger partial charge on any atom is 0.414 e. The van der Waals surface area contributed by atoms with Crippen LogP contribution in [0.4, 0.5) is 21.9 Å². The van der Waals surface area contributed by atoms with Crippen molar-refractivity contribution in [3.8, 4) is 29.1 Å². The molecule has 1 aliphatic carbocycles. The smallest absolute Gasteiger partial charge is 0.414 e. The second-order valence-electron chi connectivity index (χ2n) is 13.5. The van der Waals surface area contributed by atoms with E-state index in [9.17, 15) is 19.6 Å². The summed E-state index contributed by atoms with van der Waals surface area (Å²) in [5.74, 6) is 1.62. The number of ketones is 1. The summed E-state index contributed by atoms with van der Waals surface area (Å²) in [6.45, 7) is 3.34. The number of para-hydroxylation sites is 2. The molecule has 1 fully saturated rings. The molecule has 4 aromatic carbocycles. The Labute approximate surface area is 313 Å². The molecule has 0 spiro atoms. The van der Waals surface area contributed by atoms with Gasteiger partial charge in [0, 0.05) is 30.7 Å². The molecule has 12 nitrogen and oxygen atoms in total. The number of fused-ring (bicyclic) bond motifs is 1. The number of nitrogens with one attached hydrogen (secondary N) is 2. The Kier molecular flexibility index (Phi) is 11.3. The number of ether oxygens (including phenoxy) is 4. The zero-order chi connectivity index (χ0) is 38.2. The van der Waals surface area contributed by atoms with Crippen LogP contribution in [0, 0.1) is 17.2 Å². The zero-order valence-corrected chi connectivity index (χ0v) is 30.5. The number of pyridine rings is 1. The topological polar surface area (TPSA) is 152 Å². The van der Waals surface area contributed by atoms with Gasteiger partial charge in [-0.05, 0) is 86.7 Å². The SMILES string of the molecule is COc1c(N(C)C(=O)OCc2ccccc2)cc2ncc(C#N)cc2c1Nc1ccc(Oc2ccccc2OC(C)(C)C(=O)NCC(=O)CC2CC2)cc1. The van der Waals surface area contributed by atoms with Crippen LogP contribution in [0.5, 0.6) is 23.0 Å². The number of nitrogens with zero attached hydrogens (tertiary/aromatic N) is 3. The molecule has 1 heterocycles. The number of rotatable bonds is 15. The van der Waals surface area contributed by atoms with Crippen LogP contribution >= 0.6 is 0 Å². The van der Waals surface area contributed by atoms with Gasteiger partial charge in [0.2, 0.25) is 0 Å². The average Bonchev–Trinajstić information content (AvgIpc) is 4.01. The lowest BCUT2D eigenvalue weighted by molar-refractivity contribution is -0.135. The Hall–Kier alpha value is -6.61. The number of hydrogen-bond acceptors (Lipinski definition) is 10. The molecule has 276 valence electrons. The van der Waals surface area contributed by atoms with Gasteiger partial charge in [0.1, 0.15) is 18.4 Å². The van der Waals surface area contributed by atoms with Crippen molar-refractivity contribution in [1.29, 1.82) is 5.26 Å². The molecule has 2 N–H and O–H groups in total. The van der Waals surface area contributed by atoms with E-state index in [0.717, 1.165) is 18.4 Å². The molecular formula is C42H41N5O7. The zero-order valence-electron chi connectivity index (χ0n) is 30.5. The van der Waals surface area contributed by atoms with Crippen LogP contribution in [-0.2, 0) is 20.9 Å². The molecule has 0 radical (unpaired) electrons. The van der Waals surface area contributed by atoms with Gasteiger partial charge in [-0.1, -0.05) is 42.5 Å². The molecule has 12 heteroatoms. The molecule has 5 aromatic rings. The van der Waals surface area contributed by atoms with E-state index in [1.807, 2.05) is 30.3 Å². The number of methoxy groups -OCH3 is 1. The van der Waals surface area contributed by atoms with E-state index in [1.54, 1.807) is 81.6 Å². The molecule has 6 rings (SSSR count). The summed E-state index contributed by atoms with van der Waals surface area (Å²) in [7, 11) is 3.08. The van der Waals surface area contributed by atoms with Crippen molar-refractivity contribution in [1.82, 2.24) is 10.3 Å². The number of Topliss-reactive ketones (excluding diaryl/α,β-unsaturated/α-hetero) is 1. The number of amides is 2. The van der Waals surface area contributed by atoms with Gasteiger partial charge in [-0.15, -0.1) is 0 Å². The Balaban J connectivity index is 1.20. The van der Waals surface area contributed by atoms with Crippen LogP contribution in [0.3, 0.4) is 0 Å². The van der Waals surface area contributed by atoms with E-state index in [1.165, 1.54) is 18.2 Å². The van der Waals surface area contributed by atoms with Crippen LogP contribution in [0.15, 0.2) is 97.2 Å². The normalized spacial score (nSPS) is 12.3. The third-order valence-corrected chi connectivity index (χ3v) is 8.87. The van der Waals surface area contributed by atoms with Crippen molar-refractivity contribution in [2.45, 2.75) is 45.3 Å². The molecule has 0 unspecified atom stereocenters. The number of benzene rings is 4. The van der Waals surface area contributed by atoms with Crippen molar-refractivity contribution in [2.75, 3.05) is 30.9 Å². The number of aromatic nitrogens is 1. The molecule has 0 saturated heterocycles. The van der Waals surface area contributed by atoms with Crippen molar-refractivity contribution in [3.05, 3.63) is 108 Å². The first-order chi connectivity index (χ1) is 26.0. The Morgan fingerprint density at radius 1 is 0.963 bits per heavy atom. The van der Waals surface area contributed by atoms with E-state index in [-0.39, 0.29) is 18.9 Å². The Bertz CT molecular complexity index is 2200. The summed E-state index contributed by atoms with van der Waals surface area (Å²) in [6.07, 6.45) is 3.50. The van der Waals surface area contributed by atoms with Gasteiger partial charge < -0.3 is 29.6 Å². The quantitative estimate of drug-likeness (QED) is 0.108. The van der Waals surface area contributed by atoms with Crippen molar-refractivity contribution < 1.29 is 33.3 Å². The summed E-state index contributed by atoms with van der Waals surface area (Å²) >= 11 is 0. The summed E-state index contributed by atoms with van der Waals surface area (Å²) in [4.78, 5) is 44.2. The third-order valence-electron chi connectivity index (χ3n) is 8.87. The van der Waals surface area contributed by atoms with Gasteiger partial charge >= 0.3 is 6.09 Å². The van der Waals surface area contributed by atoms with E-state index in [0.29, 0.717) is 68.9 Å². The Morgan fingerprint density at radius 2 is 1.67 bits per heavy atom. The lowest BCUT2D eigenvalue weighted by Gasteiger charge is -2.26. The standard InChI is InChI=1S/C42H41N5O7/c1-42(2,40(49)45-25-31(48)20-27-14-15-27)54-37-13-9-8-12-36(37)53-32-18-16-30(17-19-32)46-38-33-21-29(23-43)24-44-34(33)22-35(39(38)51-4)47(3)41(50)52-26-28-10-6-5-7-11-28/h5-13,16-19,21-22,24,27,46H,14-15,20,25-26H2,1-4H3,(H,45,49). The first kappa shape index (κ1) is 37.2. The maximum absolute atomic E-state index is 13.2. The summed E-state index contributed by atoms with van der Waals surface area (Å²) in [5, 5.41) is 16.3. The predicted molar refractivity (Wildman–Crippen MR) is 204 cm³/mol. The molecule has 1 aliphatic rings. The maximum atomic E-state index is 13.2. The predicted octanol–water partition coefficient (Wildman–Crippen LogP) is 8.07. The summed E-state index contributed by atoms with van der Waals surface area (Å²) < 4.78 is 23.8. The van der Waals surface area contributed by atoms with Crippen molar-refractivity contribution in [2.24, 2.45) is 5.92 Å². The summed E-state index contributed by atoms with van der Waals surface area (Å²) in [6, 6.07) is 29.0. The fourth-order valence-electron chi connectivity index (χ4n) is 5.72. The summed E-state index contributed by atoms with van der Waals surface area (Å²) in [5.41, 5.74) is 1.97. The fraction of sp³-hybridized carbons (Fsp3) is 0.262. The van der Waals surface area contributed by atoms with Crippen LogP contribution in [0.2, 0.25) is 0 Å². The molecule has 0 aliphatic heterocycles. The van der Waals surface area contributed by atoms with Gasteiger partial charge in [0.05, 0.1) is 36.1 Å². The molecule has 0 atom stereocenters. The van der Waals surface area contributed by atoms with E-state index in [4.69, 9.17) is 18.9 Å². The largest absolute Gasteiger partial charge is 0.492 e. The minimum atomic E-state index is -1.28. The van der Waals surface area contributed by atoms with Crippen LogP contribution in [0.1, 0.15) is 44.2 Å². The monoisotopic (exact) mass is 727 g/mol. The highest BCUT2D eigenvalue weighted by molar-refractivity contribution is 6.04. The number of carbonyl (C=O) groups is 3. The van der Waals surface area contributed by atoms with Crippen LogP contribution in [-0.4, -0.2) is 49.1 Å². The molecule has 0 bridgehead atoms. The molecule has 2 amide bonds. The van der Waals surface area contributed by atoms with Gasteiger partial charge in [0.25, 0.3) is 5.91 Å². The third kappa shape index (κ3) is 9.05. The van der Waals surface area contributed by atoms with Gasteiger partial charge in [-0.2, -0.15) is 5.26 Å². The molecular weight excluding hydrogens is 686 g/mol. The van der Waals surface area contributed by atoms with Crippen LogP contribution in [0.25, 0.3) is 10.9 Å². The van der Waals surface area contributed by atoms with E-state index in [2.05, 4.69) is 21.7 Å². The number of anilines is 3. The van der Waals surface area contributed by atoms with Gasteiger partial charge in [0.15, 0.2) is 28.6 Å². The average molecular weight is 728 g/mol. The Morgan fingerprint density at radius 3 is 2.35 bits per heavy atom. The number of hydrogen-bond donors (Lipinski definition) is 2. The number of carbonyl (C=O) groups excluding carboxylic acids is 3. The minimum absolute atomic E-state index is 0.0119. The first-order valence-electron chi connectivity index (χ1n) is 17.5. The number of nitriles is 1. The second kappa shape index (κ2) is 16.4. The lowest BCUT2D eigenvalue weighted by atomic mass is 10.1. The van der Waals surface area contributed by atoms with E-state index >= 15 is 0 Å². The molecule has 54 heavy (non-hydrogen) atoms. The van der Waals surface area contributed by atoms with Crippen molar-refractivity contribution >= 4 is 45.7 Å². The molecule has 1 aromatic heterocycles. The van der Waals surface area contributed by atoms with Gasteiger partial charge in [-0.25, -0.2) is 4.79 Å². The van der Waals surface area contributed by atoms with E-state index < -0.39 is 17.6 Å². The minimum Gasteiger partial charge on any atom is -0.492 e. The second-order valence-corrected chi connectivity index (χ2v) is 13.5. The van der Waals surface area contributed by atoms with Crippen molar-refractivity contribution in [3.63, 3.8) is 0 Å². The highest BCUT2D eigenvalue weighted by Crippen LogP contribution is 2.43. The van der Waals surface area contributed by atoms with Crippen LogP contribution < -0.4 is 29.7 Å². The molecule has 1 saturated carbocycles. The van der Waals surface area contributed by atoms with Gasteiger partial charge in [-0.3, -0.25) is 19.5 Å². The first-order valence-corrected chi connectivity index (χ1v) is 17.5. The fourth-order valence-corrected chi connectivity index (χ4v) is 5.72. The highest BCUT2D eigenvalue weighted by Gasteiger charge is 2.32.